The molecule has 1 atom stereocenters. The van der Waals surface area contributed by atoms with Crippen LogP contribution in [0.1, 0.15) is 17.7 Å². The van der Waals surface area contributed by atoms with Crippen LogP contribution in [0.25, 0.3) is 0 Å². The van der Waals surface area contributed by atoms with Crippen LogP contribution in [0, 0.1) is 0 Å². The number of carbonyl (C=O) groups is 1. The average Bonchev–Trinajstić information content (AvgIpc) is 2.81. The second-order valence-corrected chi connectivity index (χ2v) is 6.00. The SMILES string of the molecule is CN(Cc1cccs1)C(=O)CN1CCC[C@@H](N)C1. The van der Waals surface area contributed by atoms with Crippen LogP contribution in [-0.4, -0.2) is 48.4 Å². The van der Waals surface area contributed by atoms with Gasteiger partial charge in [0.2, 0.25) is 5.91 Å². The van der Waals surface area contributed by atoms with Gasteiger partial charge >= 0.3 is 0 Å². The lowest BCUT2D eigenvalue weighted by atomic mass is 10.1. The predicted molar refractivity (Wildman–Crippen MR) is 74.4 cm³/mol. The van der Waals surface area contributed by atoms with Gasteiger partial charge in [0.15, 0.2) is 0 Å². The summed E-state index contributed by atoms with van der Waals surface area (Å²) >= 11 is 1.69. The number of nitrogens with zero attached hydrogens (tertiary/aromatic N) is 2. The number of likely N-dealkylation sites (tertiary alicyclic amines) is 1. The summed E-state index contributed by atoms with van der Waals surface area (Å²) in [5.74, 6) is 0.178. The van der Waals surface area contributed by atoms with Crippen LogP contribution in [0.15, 0.2) is 17.5 Å². The van der Waals surface area contributed by atoms with Gasteiger partial charge in [-0.3, -0.25) is 9.69 Å². The van der Waals surface area contributed by atoms with E-state index in [4.69, 9.17) is 5.73 Å². The van der Waals surface area contributed by atoms with Gasteiger partial charge in [-0.05, 0) is 30.8 Å². The Morgan fingerprint density at radius 3 is 3.17 bits per heavy atom. The molecule has 0 radical (unpaired) electrons. The molecular formula is C13H21N3OS. The minimum absolute atomic E-state index is 0.178. The quantitative estimate of drug-likeness (QED) is 0.889. The molecule has 2 rings (SSSR count). The molecule has 0 saturated carbocycles. The minimum atomic E-state index is 0.178. The van der Waals surface area contributed by atoms with Crippen molar-refractivity contribution in [3.63, 3.8) is 0 Å². The van der Waals surface area contributed by atoms with E-state index in [1.807, 2.05) is 18.5 Å². The molecule has 2 N–H and O–H groups in total. The first-order valence-corrected chi connectivity index (χ1v) is 7.27. The Hall–Kier alpha value is -0.910. The zero-order valence-electron chi connectivity index (χ0n) is 10.8. The van der Waals surface area contributed by atoms with E-state index in [1.165, 1.54) is 4.88 Å². The van der Waals surface area contributed by atoms with Crippen molar-refractivity contribution in [2.24, 2.45) is 5.73 Å². The molecule has 1 fully saturated rings. The molecule has 1 aromatic heterocycles. The van der Waals surface area contributed by atoms with E-state index in [2.05, 4.69) is 11.0 Å². The Morgan fingerprint density at radius 1 is 1.67 bits per heavy atom. The molecule has 1 aromatic rings. The van der Waals surface area contributed by atoms with Crippen LogP contribution >= 0.6 is 11.3 Å². The summed E-state index contributed by atoms with van der Waals surface area (Å²) in [6.07, 6.45) is 2.18. The average molecular weight is 267 g/mol. The van der Waals surface area contributed by atoms with Crippen molar-refractivity contribution < 1.29 is 4.79 Å². The lowest BCUT2D eigenvalue weighted by molar-refractivity contribution is -0.131. The van der Waals surface area contributed by atoms with Gasteiger partial charge in [-0.2, -0.15) is 0 Å². The third-order valence-corrected chi connectivity index (χ3v) is 4.16. The topological polar surface area (TPSA) is 49.6 Å². The van der Waals surface area contributed by atoms with Crippen molar-refractivity contribution in [1.82, 2.24) is 9.80 Å². The number of hydrogen-bond acceptors (Lipinski definition) is 4. The molecule has 0 bridgehead atoms. The summed E-state index contributed by atoms with van der Waals surface area (Å²) < 4.78 is 0. The van der Waals surface area contributed by atoms with Crippen LogP contribution in [0.4, 0.5) is 0 Å². The lowest BCUT2D eigenvalue weighted by Gasteiger charge is -2.31. The third-order valence-electron chi connectivity index (χ3n) is 3.30. The molecule has 1 aliphatic heterocycles. The fourth-order valence-corrected chi connectivity index (χ4v) is 3.03. The molecule has 0 aliphatic carbocycles. The van der Waals surface area contributed by atoms with Crippen molar-refractivity contribution in [2.75, 3.05) is 26.7 Å². The molecule has 5 heteroatoms. The first kappa shape index (κ1) is 13.5. The zero-order chi connectivity index (χ0) is 13.0. The van der Waals surface area contributed by atoms with Crippen molar-refractivity contribution in [3.05, 3.63) is 22.4 Å². The van der Waals surface area contributed by atoms with Gasteiger partial charge in [0.05, 0.1) is 13.1 Å². The van der Waals surface area contributed by atoms with Gasteiger partial charge in [0.1, 0.15) is 0 Å². The molecule has 100 valence electrons. The maximum Gasteiger partial charge on any atom is 0.236 e. The summed E-state index contributed by atoms with van der Waals surface area (Å²) in [6.45, 7) is 3.04. The number of likely N-dealkylation sites (N-methyl/N-ethyl adjacent to an activating group) is 1. The number of nitrogens with two attached hydrogens (primary N) is 1. The molecule has 1 saturated heterocycles. The molecule has 4 nitrogen and oxygen atoms in total. The standard InChI is InChI=1S/C13H21N3OS/c1-15(9-12-5-3-7-18-12)13(17)10-16-6-2-4-11(14)8-16/h3,5,7,11H,2,4,6,8-10,14H2,1H3/t11-/m1/s1. The van der Waals surface area contributed by atoms with E-state index in [9.17, 15) is 4.79 Å². The van der Waals surface area contributed by atoms with Gasteiger partial charge in [-0.25, -0.2) is 0 Å². The highest BCUT2D eigenvalue weighted by atomic mass is 32.1. The molecule has 18 heavy (non-hydrogen) atoms. The van der Waals surface area contributed by atoms with E-state index in [1.54, 1.807) is 16.2 Å². The summed E-state index contributed by atoms with van der Waals surface area (Å²) in [5, 5.41) is 2.04. The van der Waals surface area contributed by atoms with E-state index < -0.39 is 0 Å². The Labute approximate surface area is 112 Å². The number of piperidine rings is 1. The number of carbonyl (C=O) groups excluding carboxylic acids is 1. The van der Waals surface area contributed by atoms with Crippen LogP contribution in [-0.2, 0) is 11.3 Å². The Kier molecular flexibility index (Phi) is 4.74. The highest BCUT2D eigenvalue weighted by molar-refractivity contribution is 7.09. The largest absolute Gasteiger partial charge is 0.340 e. The van der Waals surface area contributed by atoms with Gasteiger partial charge in [-0.1, -0.05) is 6.07 Å². The number of hydrogen-bond donors (Lipinski definition) is 1. The van der Waals surface area contributed by atoms with Gasteiger partial charge in [0, 0.05) is 24.5 Å². The molecule has 1 amide bonds. The third kappa shape index (κ3) is 3.80. The van der Waals surface area contributed by atoms with Gasteiger partial charge in [0.25, 0.3) is 0 Å². The molecule has 0 spiro atoms. The van der Waals surface area contributed by atoms with Crippen LogP contribution < -0.4 is 5.73 Å². The van der Waals surface area contributed by atoms with E-state index in [0.717, 1.165) is 25.9 Å². The van der Waals surface area contributed by atoms with E-state index in [-0.39, 0.29) is 11.9 Å². The highest BCUT2D eigenvalue weighted by Crippen LogP contribution is 2.12. The normalized spacial score (nSPS) is 20.9. The van der Waals surface area contributed by atoms with Gasteiger partial charge < -0.3 is 10.6 Å². The predicted octanol–water partition coefficient (Wildman–Crippen LogP) is 1.13. The van der Waals surface area contributed by atoms with Crippen molar-refractivity contribution >= 4 is 17.2 Å². The smallest absolute Gasteiger partial charge is 0.236 e. The highest BCUT2D eigenvalue weighted by Gasteiger charge is 2.20. The summed E-state index contributed by atoms with van der Waals surface area (Å²) in [7, 11) is 1.87. The maximum atomic E-state index is 12.1. The Morgan fingerprint density at radius 2 is 2.50 bits per heavy atom. The first-order chi connectivity index (χ1) is 8.65. The fourth-order valence-electron chi connectivity index (χ4n) is 2.27. The molecule has 2 heterocycles. The van der Waals surface area contributed by atoms with Crippen molar-refractivity contribution in [2.45, 2.75) is 25.4 Å². The van der Waals surface area contributed by atoms with Crippen LogP contribution in [0.5, 0.6) is 0 Å². The zero-order valence-corrected chi connectivity index (χ0v) is 11.7. The molecular weight excluding hydrogens is 246 g/mol. The van der Waals surface area contributed by atoms with Gasteiger partial charge in [-0.15, -0.1) is 11.3 Å². The van der Waals surface area contributed by atoms with Crippen LogP contribution in [0.2, 0.25) is 0 Å². The van der Waals surface area contributed by atoms with E-state index in [0.29, 0.717) is 13.1 Å². The first-order valence-electron chi connectivity index (χ1n) is 6.39. The molecule has 0 unspecified atom stereocenters. The fraction of sp³-hybridized carbons (Fsp3) is 0.615. The number of thiophene rings is 1. The van der Waals surface area contributed by atoms with E-state index >= 15 is 0 Å². The monoisotopic (exact) mass is 267 g/mol. The summed E-state index contributed by atoms with van der Waals surface area (Å²) in [5.41, 5.74) is 5.92. The van der Waals surface area contributed by atoms with Crippen molar-refractivity contribution in [1.29, 1.82) is 0 Å². The number of amides is 1. The summed E-state index contributed by atoms with van der Waals surface area (Å²) in [4.78, 5) is 17.3. The summed E-state index contributed by atoms with van der Waals surface area (Å²) in [6, 6.07) is 4.31. The molecule has 0 aromatic carbocycles. The number of rotatable bonds is 4. The Bertz CT molecular complexity index is 380. The van der Waals surface area contributed by atoms with Crippen LogP contribution in [0.3, 0.4) is 0 Å². The maximum absolute atomic E-state index is 12.1. The Balaban J connectivity index is 1.79. The second-order valence-electron chi connectivity index (χ2n) is 4.97. The minimum Gasteiger partial charge on any atom is -0.340 e. The lowest BCUT2D eigenvalue weighted by Crippen LogP contribution is -2.47. The van der Waals surface area contributed by atoms with Crippen molar-refractivity contribution in [3.8, 4) is 0 Å². The second kappa shape index (κ2) is 6.31. The molecule has 1 aliphatic rings.